The number of carbonyl (C=O) groups excluding carboxylic acids is 1. The summed E-state index contributed by atoms with van der Waals surface area (Å²) in [5.74, 6) is -0.304. The molecule has 100 valence electrons. The van der Waals surface area contributed by atoms with Crippen molar-refractivity contribution in [3.8, 4) is 0 Å². The van der Waals surface area contributed by atoms with Crippen molar-refractivity contribution in [1.82, 2.24) is 4.98 Å². The van der Waals surface area contributed by atoms with E-state index in [0.717, 1.165) is 17.4 Å². The molecule has 6 heteroatoms. The fourth-order valence-corrected chi connectivity index (χ4v) is 3.81. The van der Waals surface area contributed by atoms with Crippen molar-refractivity contribution < 1.29 is 9.53 Å². The molecule has 1 saturated carbocycles. The standard InChI is InChI=1S/C12H18N2O2S2/c1-8-9(10(15)16-2)18-11(14-8)13-7-12(17-3)5-4-6-12/h4-7H2,1-3H3,(H,13,14). The lowest BCUT2D eigenvalue weighted by Gasteiger charge is -2.40. The highest BCUT2D eigenvalue weighted by molar-refractivity contribution is 8.00. The van der Waals surface area contributed by atoms with E-state index in [2.05, 4.69) is 16.6 Å². The lowest BCUT2D eigenvalue weighted by Crippen LogP contribution is -2.40. The SMILES string of the molecule is COC(=O)c1sc(NCC2(SC)CCC2)nc1C. The van der Waals surface area contributed by atoms with Gasteiger partial charge in [-0.15, -0.1) is 0 Å². The summed E-state index contributed by atoms with van der Waals surface area (Å²) >= 11 is 3.29. The predicted molar refractivity (Wildman–Crippen MR) is 76.8 cm³/mol. The molecule has 1 aromatic heterocycles. The largest absolute Gasteiger partial charge is 0.465 e. The highest BCUT2D eigenvalue weighted by atomic mass is 32.2. The minimum Gasteiger partial charge on any atom is -0.465 e. The zero-order chi connectivity index (χ0) is 13.2. The van der Waals surface area contributed by atoms with Crippen LogP contribution in [-0.4, -0.2) is 35.6 Å². The number of nitrogens with one attached hydrogen (secondary N) is 1. The molecule has 18 heavy (non-hydrogen) atoms. The smallest absolute Gasteiger partial charge is 0.350 e. The number of aryl methyl sites for hydroxylation is 1. The van der Waals surface area contributed by atoms with E-state index in [1.54, 1.807) is 0 Å². The first kappa shape index (κ1) is 13.7. The van der Waals surface area contributed by atoms with Gasteiger partial charge < -0.3 is 10.1 Å². The molecule has 0 bridgehead atoms. The molecular formula is C12H18N2O2S2. The van der Waals surface area contributed by atoms with Crippen molar-refractivity contribution in [1.29, 1.82) is 0 Å². The van der Waals surface area contributed by atoms with Crippen LogP contribution in [-0.2, 0) is 4.74 Å². The summed E-state index contributed by atoms with van der Waals surface area (Å²) in [4.78, 5) is 16.5. The van der Waals surface area contributed by atoms with Crippen LogP contribution in [0.15, 0.2) is 0 Å². The molecule has 1 heterocycles. The molecule has 0 unspecified atom stereocenters. The maximum absolute atomic E-state index is 11.5. The predicted octanol–water partition coefficient (Wildman–Crippen LogP) is 2.94. The van der Waals surface area contributed by atoms with Gasteiger partial charge in [0.2, 0.25) is 0 Å². The van der Waals surface area contributed by atoms with Gasteiger partial charge in [-0.25, -0.2) is 9.78 Å². The number of ether oxygens (including phenoxy) is 1. The number of aromatic nitrogens is 1. The second-order valence-corrected chi connectivity index (χ2v) is 6.79. The Hall–Kier alpha value is -0.750. The number of thiazole rings is 1. The summed E-state index contributed by atoms with van der Waals surface area (Å²) in [7, 11) is 1.39. The molecule has 0 aliphatic heterocycles. The third-order valence-electron chi connectivity index (χ3n) is 3.43. The van der Waals surface area contributed by atoms with Crippen molar-refractivity contribution >= 4 is 34.2 Å². The van der Waals surface area contributed by atoms with Gasteiger partial charge in [-0.1, -0.05) is 17.8 Å². The van der Waals surface area contributed by atoms with Gasteiger partial charge in [-0.2, -0.15) is 11.8 Å². The number of hydrogen-bond acceptors (Lipinski definition) is 6. The molecule has 1 aliphatic rings. The Morgan fingerprint density at radius 2 is 2.33 bits per heavy atom. The number of hydrogen-bond donors (Lipinski definition) is 1. The summed E-state index contributed by atoms with van der Waals surface area (Å²) in [6, 6.07) is 0. The molecule has 2 rings (SSSR count). The summed E-state index contributed by atoms with van der Waals surface area (Å²) in [5, 5.41) is 4.17. The minimum atomic E-state index is -0.304. The highest BCUT2D eigenvalue weighted by Crippen LogP contribution is 2.43. The van der Waals surface area contributed by atoms with Crippen LogP contribution < -0.4 is 5.32 Å². The van der Waals surface area contributed by atoms with Gasteiger partial charge in [-0.05, 0) is 26.0 Å². The van der Waals surface area contributed by atoms with Gasteiger partial charge in [0.1, 0.15) is 4.88 Å². The maximum Gasteiger partial charge on any atom is 0.350 e. The number of anilines is 1. The van der Waals surface area contributed by atoms with E-state index in [4.69, 9.17) is 4.74 Å². The topological polar surface area (TPSA) is 51.2 Å². The van der Waals surface area contributed by atoms with E-state index in [9.17, 15) is 4.79 Å². The fraction of sp³-hybridized carbons (Fsp3) is 0.667. The summed E-state index contributed by atoms with van der Waals surface area (Å²) in [6.45, 7) is 2.75. The van der Waals surface area contributed by atoms with Gasteiger partial charge in [0.25, 0.3) is 0 Å². The monoisotopic (exact) mass is 286 g/mol. The number of thioether (sulfide) groups is 1. The molecule has 0 spiro atoms. The van der Waals surface area contributed by atoms with Crippen molar-refractivity contribution in [2.24, 2.45) is 0 Å². The second-order valence-electron chi connectivity index (χ2n) is 4.52. The fourth-order valence-electron chi connectivity index (χ4n) is 2.02. The van der Waals surface area contributed by atoms with Crippen LogP contribution >= 0.6 is 23.1 Å². The third-order valence-corrected chi connectivity index (χ3v) is 5.94. The molecule has 1 aliphatic carbocycles. The van der Waals surface area contributed by atoms with E-state index < -0.39 is 0 Å². The summed E-state index contributed by atoms with van der Waals surface area (Å²) in [5.41, 5.74) is 0.737. The van der Waals surface area contributed by atoms with Crippen molar-refractivity contribution in [2.45, 2.75) is 30.9 Å². The first-order chi connectivity index (χ1) is 8.60. The Bertz CT molecular complexity index is 436. The molecule has 0 aromatic carbocycles. The average Bonchev–Trinajstić information content (AvgIpc) is 2.69. The van der Waals surface area contributed by atoms with Crippen LogP contribution in [0.25, 0.3) is 0 Å². The molecule has 0 saturated heterocycles. The van der Waals surface area contributed by atoms with Crippen LogP contribution in [0.5, 0.6) is 0 Å². The van der Waals surface area contributed by atoms with Gasteiger partial charge in [0, 0.05) is 11.3 Å². The van der Waals surface area contributed by atoms with Crippen LogP contribution in [0.1, 0.15) is 34.6 Å². The van der Waals surface area contributed by atoms with Gasteiger partial charge >= 0.3 is 5.97 Å². The van der Waals surface area contributed by atoms with Crippen molar-refractivity contribution in [2.75, 3.05) is 25.2 Å². The lowest BCUT2D eigenvalue weighted by atomic mass is 9.84. The van der Waals surface area contributed by atoms with Gasteiger partial charge in [0.05, 0.1) is 12.8 Å². The highest BCUT2D eigenvalue weighted by Gasteiger charge is 2.36. The second kappa shape index (κ2) is 5.48. The Kier molecular flexibility index (Phi) is 4.17. The molecule has 4 nitrogen and oxygen atoms in total. The molecule has 1 N–H and O–H groups in total. The zero-order valence-corrected chi connectivity index (χ0v) is 12.5. The van der Waals surface area contributed by atoms with E-state index in [0.29, 0.717) is 9.62 Å². The first-order valence-corrected chi connectivity index (χ1v) is 7.99. The Morgan fingerprint density at radius 3 is 2.83 bits per heavy atom. The van der Waals surface area contributed by atoms with Crippen LogP contribution in [0.2, 0.25) is 0 Å². The number of carbonyl (C=O) groups is 1. The molecule has 1 fully saturated rings. The van der Waals surface area contributed by atoms with Crippen LogP contribution in [0.3, 0.4) is 0 Å². The first-order valence-electron chi connectivity index (χ1n) is 5.95. The number of rotatable bonds is 5. The quantitative estimate of drug-likeness (QED) is 0.843. The summed E-state index contributed by atoms with van der Waals surface area (Å²) in [6.07, 6.45) is 5.99. The zero-order valence-electron chi connectivity index (χ0n) is 10.9. The number of esters is 1. The molecule has 0 radical (unpaired) electrons. The Morgan fingerprint density at radius 1 is 1.61 bits per heavy atom. The molecule has 0 amide bonds. The normalized spacial score (nSPS) is 17.1. The molecular weight excluding hydrogens is 268 g/mol. The molecule has 1 aromatic rings. The van der Waals surface area contributed by atoms with E-state index in [1.165, 1.54) is 37.7 Å². The van der Waals surface area contributed by atoms with E-state index in [1.807, 2.05) is 18.7 Å². The van der Waals surface area contributed by atoms with E-state index >= 15 is 0 Å². The van der Waals surface area contributed by atoms with Gasteiger partial charge in [0.15, 0.2) is 5.13 Å². The van der Waals surface area contributed by atoms with Crippen molar-refractivity contribution in [3.63, 3.8) is 0 Å². The lowest BCUT2D eigenvalue weighted by molar-refractivity contribution is 0.0605. The summed E-state index contributed by atoms with van der Waals surface area (Å²) < 4.78 is 5.10. The Balaban J connectivity index is 2.00. The number of nitrogens with zero attached hydrogens (tertiary/aromatic N) is 1. The van der Waals surface area contributed by atoms with Crippen LogP contribution in [0.4, 0.5) is 5.13 Å². The number of methoxy groups -OCH3 is 1. The van der Waals surface area contributed by atoms with Crippen LogP contribution in [0, 0.1) is 6.92 Å². The van der Waals surface area contributed by atoms with E-state index in [-0.39, 0.29) is 5.97 Å². The van der Waals surface area contributed by atoms with Gasteiger partial charge in [-0.3, -0.25) is 0 Å². The average molecular weight is 286 g/mol. The minimum absolute atomic E-state index is 0.304. The third kappa shape index (κ3) is 2.64. The van der Waals surface area contributed by atoms with Crippen molar-refractivity contribution in [3.05, 3.63) is 10.6 Å². The maximum atomic E-state index is 11.5. The molecule has 0 atom stereocenters. The Labute approximate surface area is 116 Å².